The lowest BCUT2D eigenvalue weighted by Gasteiger charge is -2.06. The molecule has 0 spiro atoms. The van der Waals surface area contributed by atoms with Crippen LogP contribution in [0.25, 0.3) is 0 Å². The van der Waals surface area contributed by atoms with Gasteiger partial charge in [-0.05, 0) is 19.3 Å². The van der Waals surface area contributed by atoms with Crippen LogP contribution in [-0.4, -0.2) is 23.7 Å². The Hall–Kier alpha value is -1.06. The van der Waals surface area contributed by atoms with Gasteiger partial charge < -0.3 is 9.84 Å². The van der Waals surface area contributed by atoms with E-state index in [2.05, 4.69) is 6.92 Å². The van der Waals surface area contributed by atoms with E-state index in [0.29, 0.717) is 19.4 Å². The molecule has 1 N–H and O–H groups in total. The van der Waals surface area contributed by atoms with Crippen LogP contribution in [-0.2, 0) is 14.3 Å². The molecule has 0 aromatic carbocycles. The van der Waals surface area contributed by atoms with Crippen molar-refractivity contribution in [2.24, 2.45) is 0 Å². The van der Waals surface area contributed by atoms with Gasteiger partial charge >= 0.3 is 11.9 Å². The van der Waals surface area contributed by atoms with Crippen LogP contribution in [0, 0.1) is 0 Å². The molecule has 4 heteroatoms. The summed E-state index contributed by atoms with van der Waals surface area (Å²) in [6, 6.07) is 0. The molecule has 0 heterocycles. The van der Waals surface area contributed by atoms with Crippen LogP contribution in [0.2, 0.25) is 0 Å². The average Bonchev–Trinajstić information content (AvgIpc) is 3.13. The van der Waals surface area contributed by atoms with E-state index in [1.807, 2.05) is 0 Å². The zero-order chi connectivity index (χ0) is 37.7. The van der Waals surface area contributed by atoms with Crippen molar-refractivity contribution in [2.75, 3.05) is 6.61 Å². The number of rotatable bonds is 46. The maximum Gasteiger partial charge on any atom is 0.305 e. The number of carboxylic acids is 1. The molecular weight excluding hydrogens is 641 g/mol. The summed E-state index contributed by atoms with van der Waals surface area (Å²) in [7, 11) is 0. The zero-order valence-electron chi connectivity index (χ0n) is 35.5. The van der Waals surface area contributed by atoms with Gasteiger partial charge in [0.05, 0.1) is 6.61 Å². The number of carbonyl (C=O) groups is 2. The van der Waals surface area contributed by atoms with Gasteiger partial charge in [0.15, 0.2) is 0 Å². The lowest BCUT2D eigenvalue weighted by molar-refractivity contribution is -0.144. The number of carboxylic acid groups (broad SMARTS) is 1. The Balaban J connectivity index is 3.11. The van der Waals surface area contributed by atoms with Crippen LogP contribution in [0.4, 0.5) is 0 Å². The smallest absolute Gasteiger partial charge is 0.305 e. The summed E-state index contributed by atoms with van der Waals surface area (Å²) in [5, 5.41) is 8.66. The van der Waals surface area contributed by atoms with Gasteiger partial charge in [-0.3, -0.25) is 9.59 Å². The molecule has 0 fully saturated rings. The van der Waals surface area contributed by atoms with Crippen LogP contribution in [0.3, 0.4) is 0 Å². The van der Waals surface area contributed by atoms with Crippen molar-refractivity contribution in [2.45, 2.75) is 289 Å². The molecule has 0 amide bonds. The third-order valence-electron chi connectivity index (χ3n) is 11.3. The SMILES string of the molecule is CCCCCCCCCCCC(=O)OCCCCCCCCCCCCCCCCCCCCCCCCCCCCCCCCCCCC(=O)O. The quantitative estimate of drug-likeness (QED) is 0.0499. The fourth-order valence-electron chi connectivity index (χ4n) is 7.70. The van der Waals surface area contributed by atoms with Crippen LogP contribution in [0.5, 0.6) is 0 Å². The normalized spacial score (nSPS) is 11.4. The summed E-state index contributed by atoms with van der Waals surface area (Å²) >= 11 is 0. The van der Waals surface area contributed by atoms with E-state index < -0.39 is 5.97 Å². The van der Waals surface area contributed by atoms with Crippen molar-refractivity contribution >= 4 is 11.9 Å². The molecule has 4 nitrogen and oxygen atoms in total. The second kappa shape index (κ2) is 46.1. The number of hydrogen-bond donors (Lipinski definition) is 1. The van der Waals surface area contributed by atoms with E-state index >= 15 is 0 Å². The van der Waals surface area contributed by atoms with Gasteiger partial charge in [-0.15, -0.1) is 0 Å². The lowest BCUT2D eigenvalue weighted by atomic mass is 10.0. The highest BCUT2D eigenvalue weighted by molar-refractivity contribution is 5.69. The Morgan fingerprint density at radius 2 is 0.519 bits per heavy atom. The Labute approximate surface area is 326 Å². The zero-order valence-corrected chi connectivity index (χ0v) is 35.5. The highest BCUT2D eigenvalue weighted by Gasteiger charge is 2.03. The van der Waals surface area contributed by atoms with Crippen molar-refractivity contribution in [3.63, 3.8) is 0 Å². The van der Waals surface area contributed by atoms with Gasteiger partial charge in [0.25, 0.3) is 0 Å². The van der Waals surface area contributed by atoms with Gasteiger partial charge in [0, 0.05) is 12.8 Å². The standard InChI is InChI=1S/C48H94O4/c1-2-3-4-5-6-32-36-39-42-45-48(51)52-46-43-40-37-34-31-29-27-25-23-21-19-17-15-13-11-9-7-8-10-12-14-16-18-20-22-24-26-28-30-33-35-38-41-44-47(49)50/h2-46H2,1H3,(H,49,50). The fourth-order valence-corrected chi connectivity index (χ4v) is 7.70. The number of aliphatic carboxylic acids is 1. The molecule has 0 rings (SSSR count). The van der Waals surface area contributed by atoms with Crippen LogP contribution >= 0.6 is 0 Å². The first-order valence-electron chi connectivity index (χ1n) is 24.0. The Bertz CT molecular complexity index is 692. The summed E-state index contributed by atoms with van der Waals surface area (Å²) in [5.41, 5.74) is 0. The van der Waals surface area contributed by atoms with E-state index in [1.54, 1.807) is 0 Å². The van der Waals surface area contributed by atoms with Crippen molar-refractivity contribution in [1.82, 2.24) is 0 Å². The lowest BCUT2D eigenvalue weighted by Crippen LogP contribution is -2.05. The minimum absolute atomic E-state index is 0.0207. The van der Waals surface area contributed by atoms with Gasteiger partial charge in [-0.1, -0.05) is 257 Å². The monoisotopic (exact) mass is 735 g/mol. The van der Waals surface area contributed by atoms with Crippen molar-refractivity contribution in [1.29, 1.82) is 0 Å². The Morgan fingerprint density at radius 3 is 0.769 bits per heavy atom. The van der Waals surface area contributed by atoms with E-state index in [0.717, 1.165) is 25.7 Å². The van der Waals surface area contributed by atoms with Gasteiger partial charge in [-0.2, -0.15) is 0 Å². The van der Waals surface area contributed by atoms with Crippen LogP contribution in [0.1, 0.15) is 289 Å². The molecule has 0 aliphatic heterocycles. The highest BCUT2D eigenvalue weighted by Crippen LogP contribution is 2.17. The van der Waals surface area contributed by atoms with E-state index in [9.17, 15) is 9.59 Å². The molecule has 0 aliphatic carbocycles. The molecule has 0 bridgehead atoms. The molecule has 0 aromatic heterocycles. The summed E-state index contributed by atoms with van der Waals surface area (Å²) < 4.78 is 5.44. The molecule has 52 heavy (non-hydrogen) atoms. The minimum atomic E-state index is -0.651. The fraction of sp³-hybridized carbons (Fsp3) is 0.958. The van der Waals surface area contributed by atoms with E-state index in [-0.39, 0.29) is 5.97 Å². The predicted molar refractivity (Wildman–Crippen MR) is 227 cm³/mol. The number of carbonyl (C=O) groups excluding carboxylic acids is 1. The predicted octanol–water partition coefficient (Wildman–Crippen LogP) is 16.8. The number of ether oxygens (including phenoxy) is 1. The maximum atomic E-state index is 11.9. The van der Waals surface area contributed by atoms with Crippen LogP contribution in [0.15, 0.2) is 0 Å². The first kappa shape index (κ1) is 50.9. The number of unbranched alkanes of at least 4 members (excludes halogenated alkanes) is 40. The highest BCUT2D eigenvalue weighted by atomic mass is 16.5. The Kier molecular flexibility index (Phi) is 45.2. The minimum Gasteiger partial charge on any atom is -0.481 e. The molecule has 0 atom stereocenters. The second-order valence-electron chi connectivity index (χ2n) is 16.6. The molecule has 310 valence electrons. The number of esters is 1. The van der Waals surface area contributed by atoms with Crippen molar-refractivity contribution in [3.05, 3.63) is 0 Å². The van der Waals surface area contributed by atoms with Gasteiger partial charge in [-0.25, -0.2) is 0 Å². The van der Waals surface area contributed by atoms with Crippen molar-refractivity contribution < 1.29 is 19.4 Å². The molecule has 0 saturated heterocycles. The summed E-state index contributed by atoms with van der Waals surface area (Å²) in [4.78, 5) is 22.4. The van der Waals surface area contributed by atoms with E-state index in [1.165, 1.54) is 244 Å². The average molecular weight is 735 g/mol. The van der Waals surface area contributed by atoms with E-state index in [4.69, 9.17) is 9.84 Å². The maximum absolute atomic E-state index is 11.9. The third-order valence-corrected chi connectivity index (χ3v) is 11.3. The molecule has 0 saturated carbocycles. The summed E-state index contributed by atoms with van der Waals surface area (Å²) in [6.45, 7) is 2.89. The summed E-state index contributed by atoms with van der Waals surface area (Å²) in [5.74, 6) is -0.630. The first-order valence-corrected chi connectivity index (χ1v) is 24.0. The van der Waals surface area contributed by atoms with Gasteiger partial charge in [0.1, 0.15) is 0 Å². The third kappa shape index (κ3) is 47.0. The number of hydrogen-bond acceptors (Lipinski definition) is 3. The van der Waals surface area contributed by atoms with Gasteiger partial charge in [0.2, 0.25) is 0 Å². The first-order chi connectivity index (χ1) is 25.7. The summed E-state index contributed by atoms with van der Waals surface area (Å²) in [6.07, 6.45) is 57.6. The molecule has 0 radical (unpaired) electrons. The Morgan fingerprint density at radius 1 is 0.308 bits per heavy atom. The largest absolute Gasteiger partial charge is 0.481 e. The molecule has 0 unspecified atom stereocenters. The van der Waals surface area contributed by atoms with Crippen LogP contribution < -0.4 is 0 Å². The molecule has 0 aliphatic rings. The molecule has 0 aromatic rings. The van der Waals surface area contributed by atoms with Crippen molar-refractivity contribution in [3.8, 4) is 0 Å². The second-order valence-corrected chi connectivity index (χ2v) is 16.6. The molecular formula is C48H94O4. The topological polar surface area (TPSA) is 63.6 Å².